The number of carboxylic acid groups (broad SMARTS) is 1. The summed E-state index contributed by atoms with van der Waals surface area (Å²) in [6.07, 6.45) is 35.4. The number of unbranched alkanes of at least 4 members (excludes halogenated alkanes) is 7. The maximum Gasteiger partial charge on any atom is 0.362 e. The molecule has 0 heterocycles. The zero-order valence-electron chi connectivity index (χ0n) is 29.9. The van der Waals surface area contributed by atoms with Crippen LogP contribution in [0.4, 0.5) is 0 Å². The number of nitrogens with zero attached hydrogens (tertiary/aromatic N) is 1. The predicted octanol–water partition coefficient (Wildman–Crippen LogP) is 8.46. The van der Waals surface area contributed by atoms with Crippen LogP contribution in [0.1, 0.15) is 104 Å². The van der Waals surface area contributed by atoms with E-state index in [-0.39, 0.29) is 49.1 Å². The van der Waals surface area contributed by atoms with Crippen molar-refractivity contribution in [1.29, 1.82) is 0 Å². The molecule has 0 aliphatic rings. The van der Waals surface area contributed by atoms with Crippen LogP contribution in [0, 0.1) is 0 Å². The number of carbonyl (C=O) groups excluding carboxylic acids is 2. The smallest absolute Gasteiger partial charge is 0.362 e. The van der Waals surface area contributed by atoms with Crippen molar-refractivity contribution >= 4 is 17.9 Å². The summed E-state index contributed by atoms with van der Waals surface area (Å²) < 4.78 is 17.0. The quantitative estimate of drug-likeness (QED) is 0.0283. The fourth-order valence-corrected chi connectivity index (χ4v) is 4.48. The van der Waals surface area contributed by atoms with Crippen LogP contribution >= 0.6 is 0 Å². The standard InChI is InChI=1S/C39H63NO7/c1-6-8-10-12-14-16-17-18-19-20-21-22-24-26-28-30-38(42)47-35(33-45-32-31-36(39(43)44)40(3,4)5)34-46-37(41)29-27-25-23-15-13-11-9-7-2/h8,10,12,14,16-21,23,25,35-36H,6-7,9,11,13,15,22,24,26-34H2,1-5H3/p+1/b10-8+,14-12+,17-16+,19-18+,21-20+,25-23+. The number of aliphatic carboxylic acids is 1. The van der Waals surface area contributed by atoms with Gasteiger partial charge in [-0.05, 0) is 44.9 Å². The SMILES string of the molecule is CC/C=C/C=C/C=C/C=C/C=C/CCCCCC(=O)OC(COCCC(C(=O)O)[N+](C)(C)C)COC(=O)CC/C=C/CCCCCC. The van der Waals surface area contributed by atoms with Gasteiger partial charge in [-0.1, -0.05) is 112 Å². The first-order valence-electron chi connectivity index (χ1n) is 17.5. The first-order chi connectivity index (χ1) is 22.6. The molecule has 0 rings (SSSR count). The minimum Gasteiger partial charge on any atom is -0.477 e. The summed E-state index contributed by atoms with van der Waals surface area (Å²) in [7, 11) is 5.47. The molecule has 8 heteroatoms. The third-order valence-electron chi connectivity index (χ3n) is 7.23. The summed E-state index contributed by atoms with van der Waals surface area (Å²) in [5.41, 5.74) is 0. The van der Waals surface area contributed by atoms with Crippen molar-refractivity contribution in [2.75, 3.05) is 41.0 Å². The van der Waals surface area contributed by atoms with Gasteiger partial charge in [0.15, 0.2) is 12.1 Å². The molecule has 0 aliphatic heterocycles. The summed E-state index contributed by atoms with van der Waals surface area (Å²) in [5.74, 6) is -1.61. The summed E-state index contributed by atoms with van der Waals surface area (Å²) in [5, 5.41) is 9.55. The van der Waals surface area contributed by atoms with E-state index in [1.807, 2.05) is 75.8 Å². The number of allylic oxidation sites excluding steroid dienone is 12. The van der Waals surface area contributed by atoms with E-state index in [4.69, 9.17) is 14.2 Å². The van der Waals surface area contributed by atoms with Gasteiger partial charge in [-0.15, -0.1) is 0 Å². The number of ether oxygens (including phenoxy) is 3. The van der Waals surface area contributed by atoms with Crippen LogP contribution in [-0.2, 0) is 28.6 Å². The molecule has 0 spiro atoms. The summed E-state index contributed by atoms with van der Waals surface area (Å²) >= 11 is 0. The Kier molecular flexibility index (Phi) is 28.1. The fraction of sp³-hybridized carbons (Fsp3) is 0.615. The number of esters is 2. The van der Waals surface area contributed by atoms with Gasteiger partial charge in [0, 0.05) is 19.3 Å². The third kappa shape index (κ3) is 28.7. The van der Waals surface area contributed by atoms with Crippen molar-refractivity contribution < 1.29 is 38.2 Å². The van der Waals surface area contributed by atoms with E-state index in [2.05, 4.69) is 32.1 Å². The Labute approximate surface area is 285 Å². The van der Waals surface area contributed by atoms with E-state index < -0.39 is 18.1 Å². The lowest BCUT2D eigenvalue weighted by Gasteiger charge is -2.31. The fourth-order valence-electron chi connectivity index (χ4n) is 4.48. The number of carboxylic acids is 1. The van der Waals surface area contributed by atoms with Gasteiger partial charge in [0.2, 0.25) is 0 Å². The second-order valence-electron chi connectivity index (χ2n) is 12.5. The van der Waals surface area contributed by atoms with Crippen molar-refractivity contribution in [1.82, 2.24) is 0 Å². The highest BCUT2D eigenvalue weighted by Gasteiger charge is 2.31. The predicted molar refractivity (Wildman–Crippen MR) is 192 cm³/mol. The first kappa shape index (κ1) is 43.8. The minimum absolute atomic E-state index is 0.0276. The lowest BCUT2D eigenvalue weighted by Crippen LogP contribution is -2.50. The van der Waals surface area contributed by atoms with E-state index in [0.29, 0.717) is 19.3 Å². The molecule has 0 fully saturated rings. The molecule has 1 N–H and O–H groups in total. The Balaban J connectivity index is 4.61. The van der Waals surface area contributed by atoms with Crippen LogP contribution in [0.25, 0.3) is 0 Å². The topological polar surface area (TPSA) is 99.1 Å². The van der Waals surface area contributed by atoms with Crippen LogP contribution in [0.2, 0.25) is 0 Å². The molecule has 0 saturated heterocycles. The molecule has 0 bridgehead atoms. The highest BCUT2D eigenvalue weighted by atomic mass is 16.6. The van der Waals surface area contributed by atoms with E-state index >= 15 is 0 Å². The molecule has 2 atom stereocenters. The maximum absolute atomic E-state index is 12.6. The van der Waals surface area contributed by atoms with Crippen molar-refractivity contribution in [3.63, 3.8) is 0 Å². The second kappa shape index (κ2) is 30.1. The zero-order valence-corrected chi connectivity index (χ0v) is 29.9. The lowest BCUT2D eigenvalue weighted by atomic mass is 10.1. The Morgan fingerprint density at radius 2 is 1.26 bits per heavy atom. The molecular formula is C39H64NO7+. The average molecular weight is 659 g/mol. The van der Waals surface area contributed by atoms with Gasteiger partial charge >= 0.3 is 17.9 Å². The first-order valence-corrected chi connectivity index (χ1v) is 17.5. The summed E-state index contributed by atoms with van der Waals surface area (Å²) in [4.78, 5) is 36.6. The lowest BCUT2D eigenvalue weighted by molar-refractivity contribution is -0.887. The van der Waals surface area contributed by atoms with E-state index in [1.165, 1.54) is 19.3 Å². The van der Waals surface area contributed by atoms with Crippen molar-refractivity contribution in [3.05, 3.63) is 72.9 Å². The molecule has 0 saturated carbocycles. The molecule has 47 heavy (non-hydrogen) atoms. The van der Waals surface area contributed by atoms with Crippen LogP contribution in [0.3, 0.4) is 0 Å². The summed E-state index contributed by atoms with van der Waals surface area (Å²) in [6, 6.07) is -0.628. The van der Waals surface area contributed by atoms with Gasteiger partial charge < -0.3 is 23.8 Å². The Hall–Kier alpha value is -3.23. The molecule has 0 radical (unpaired) electrons. The molecular weight excluding hydrogens is 594 g/mol. The van der Waals surface area contributed by atoms with Crippen molar-refractivity contribution in [2.45, 2.75) is 116 Å². The van der Waals surface area contributed by atoms with E-state index in [9.17, 15) is 19.5 Å². The number of quaternary nitrogens is 1. The van der Waals surface area contributed by atoms with Crippen molar-refractivity contribution in [2.24, 2.45) is 0 Å². The highest BCUT2D eigenvalue weighted by molar-refractivity contribution is 5.72. The van der Waals surface area contributed by atoms with E-state index in [1.54, 1.807) is 0 Å². The van der Waals surface area contributed by atoms with Crippen LogP contribution in [0.15, 0.2) is 72.9 Å². The maximum atomic E-state index is 12.6. The van der Waals surface area contributed by atoms with Crippen LogP contribution in [-0.4, -0.2) is 80.6 Å². The third-order valence-corrected chi connectivity index (χ3v) is 7.23. The van der Waals surface area contributed by atoms with Gasteiger partial charge in [-0.2, -0.15) is 0 Å². The zero-order chi connectivity index (χ0) is 35.0. The number of carbonyl (C=O) groups is 3. The highest BCUT2D eigenvalue weighted by Crippen LogP contribution is 2.11. The number of hydrogen-bond acceptors (Lipinski definition) is 6. The largest absolute Gasteiger partial charge is 0.477 e. The van der Waals surface area contributed by atoms with Gasteiger partial charge in [0.1, 0.15) is 6.61 Å². The van der Waals surface area contributed by atoms with Crippen LogP contribution < -0.4 is 0 Å². The minimum atomic E-state index is -0.892. The Bertz CT molecular complexity index is 1000. The molecule has 0 aromatic carbocycles. The van der Waals surface area contributed by atoms with Gasteiger partial charge in [0.05, 0.1) is 34.4 Å². The monoisotopic (exact) mass is 658 g/mol. The van der Waals surface area contributed by atoms with Gasteiger partial charge in [-0.3, -0.25) is 9.59 Å². The molecule has 0 aliphatic carbocycles. The Morgan fingerprint density at radius 1 is 0.660 bits per heavy atom. The molecule has 8 nitrogen and oxygen atoms in total. The van der Waals surface area contributed by atoms with Gasteiger partial charge in [-0.25, -0.2) is 4.79 Å². The van der Waals surface area contributed by atoms with Crippen LogP contribution in [0.5, 0.6) is 0 Å². The summed E-state index contributed by atoms with van der Waals surface area (Å²) in [6.45, 7) is 4.41. The number of rotatable bonds is 29. The normalized spacial score (nSPS) is 14.0. The average Bonchev–Trinajstić information content (AvgIpc) is 3.01. The molecule has 266 valence electrons. The molecule has 0 aromatic heterocycles. The van der Waals surface area contributed by atoms with Crippen molar-refractivity contribution in [3.8, 4) is 0 Å². The Morgan fingerprint density at radius 3 is 1.87 bits per heavy atom. The number of hydrogen-bond donors (Lipinski definition) is 1. The second-order valence-corrected chi connectivity index (χ2v) is 12.5. The van der Waals surface area contributed by atoms with Gasteiger partial charge in [0.25, 0.3) is 0 Å². The molecule has 0 aromatic rings. The molecule has 2 unspecified atom stereocenters. The number of likely N-dealkylation sites (N-methyl/N-ethyl adjacent to an activating group) is 1. The van der Waals surface area contributed by atoms with E-state index in [0.717, 1.165) is 38.5 Å². The molecule has 0 amide bonds.